The van der Waals surface area contributed by atoms with Gasteiger partial charge in [0.05, 0.1) is 11.4 Å². The Morgan fingerprint density at radius 1 is 1.22 bits per heavy atom. The first-order valence-corrected chi connectivity index (χ1v) is 9.58. The van der Waals surface area contributed by atoms with Gasteiger partial charge >= 0.3 is 0 Å². The molecular weight excluding hydrogens is 362 g/mol. The van der Waals surface area contributed by atoms with Gasteiger partial charge in [0.15, 0.2) is 0 Å². The number of hydrogen-bond donors (Lipinski definition) is 1. The summed E-state index contributed by atoms with van der Waals surface area (Å²) >= 11 is 1.20. The molecule has 3 rings (SSSR count). The Hall–Kier alpha value is -2.61. The lowest BCUT2D eigenvalue weighted by molar-refractivity contribution is -0.113. The summed E-state index contributed by atoms with van der Waals surface area (Å²) in [5, 5.41) is 15.5. The molecule has 2 heterocycles. The molecule has 0 fully saturated rings. The van der Waals surface area contributed by atoms with Gasteiger partial charge < -0.3 is 9.73 Å². The molecule has 3 aromatic rings. The fourth-order valence-corrected chi connectivity index (χ4v) is 3.09. The maximum Gasteiger partial charge on any atom is 0.277 e. The number of amides is 1. The van der Waals surface area contributed by atoms with Crippen molar-refractivity contribution < 1.29 is 9.21 Å². The summed E-state index contributed by atoms with van der Waals surface area (Å²) in [7, 11) is 1.78. The molecule has 0 unspecified atom stereocenters. The van der Waals surface area contributed by atoms with E-state index in [-0.39, 0.29) is 17.1 Å². The number of benzene rings is 1. The number of rotatable bonds is 5. The minimum absolute atomic E-state index is 0.0914. The van der Waals surface area contributed by atoms with Gasteiger partial charge in [0, 0.05) is 18.7 Å². The van der Waals surface area contributed by atoms with Crippen molar-refractivity contribution in [1.29, 1.82) is 0 Å². The Balaban J connectivity index is 1.59. The normalized spacial score (nSPS) is 11.6. The fraction of sp³-hybridized carbons (Fsp3) is 0.368. The maximum absolute atomic E-state index is 12.1. The molecule has 0 atom stereocenters. The number of aryl methyl sites for hydroxylation is 2. The highest BCUT2D eigenvalue weighted by Gasteiger charge is 2.15. The lowest BCUT2D eigenvalue weighted by Crippen LogP contribution is -2.16. The molecular formula is C19H23N5O2S. The number of carbonyl (C=O) groups excluding carboxylic acids is 1. The maximum atomic E-state index is 12.1. The van der Waals surface area contributed by atoms with Crippen LogP contribution in [0.25, 0.3) is 11.5 Å². The Labute approximate surface area is 162 Å². The highest BCUT2D eigenvalue weighted by Crippen LogP contribution is 2.27. The van der Waals surface area contributed by atoms with Crippen LogP contribution in [-0.2, 0) is 17.3 Å². The summed E-state index contributed by atoms with van der Waals surface area (Å²) < 4.78 is 7.30. The van der Waals surface area contributed by atoms with Crippen molar-refractivity contribution >= 4 is 23.5 Å². The van der Waals surface area contributed by atoms with E-state index in [1.54, 1.807) is 11.7 Å². The molecule has 0 aliphatic heterocycles. The van der Waals surface area contributed by atoms with Crippen LogP contribution < -0.4 is 5.32 Å². The topological polar surface area (TPSA) is 85.8 Å². The zero-order chi connectivity index (χ0) is 19.6. The van der Waals surface area contributed by atoms with Gasteiger partial charge in [-0.25, -0.2) is 0 Å². The third-order valence-corrected chi connectivity index (χ3v) is 4.82. The van der Waals surface area contributed by atoms with Crippen LogP contribution in [0.1, 0.15) is 32.0 Å². The van der Waals surface area contributed by atoms with E-state index in [2.05, 4.69) is 53.5 Å². The Bertz CT molecular complexity index is 938. The molecule has 1 N–H and O–H groups in total. The Morgan fingerprint density at radius 2 is 1.93 bits per heavy atom. The summed E-state index contributed by atoms with van der Waals surface area (Å²) in [6, 6.07) is 9.89. The van der Waals surface area contributed by atoms with E-state index < -0.39 is 0 Å². The molecule has 7 nitrogen and oxygen atoms in total. The van der Waals surface area contributed by atoms with Crippen molar-refractivity contribution in [3.63, 3.8) is 0 Å². The molecule has 0 saturated carbocycles. The van der Waals surface area contributed by atoms with Crippen molar-refractivity contribution in [2.75, 3.05) is 11.1 Å². The molecule has 0 bridgehead atoms. The molecule has 0 spiro atoms. The number of aromatic nitrogens is 4. The van der Waals surface area contributed by atoms with Crippen LogP contribution in [0.3, 0.4) is 0 Å². The van der Waals surface area contributed by atoms with Gasteiger partial charge in [0.2, 0.25) is 11.8 Å². The van der Waals surface area contributed by atoms with Crippen molar-refractivity contribution in [2.24, 2.45) is 7.05 Å². The number of anilines is 1. The zero-order valence-electron chi connectivity index (χ0n) is 16.1. The predicted molar refractivity (Wildman–Crippen MR) is 106 cm³/mol. The highest BCUT2D eigenvalue weighted by molar-refractivity contribution is 7.99. The number of nitrogens with one attached hydrogen (secondary N) is 1. The van der Waals surface area contributed by atoms with Crippen LogP contribution in [0.2, 0.25) is 0 Å². The number of hydrogen-bond acceptors (Lipinski definition) is 6. The summed E-state index contributed by atoms with van der Waals surface area (Å²) in [4.78, 5) is 12.1. The van der Waals surface area contributed by atoms with Gasteiger partial charge in [-0.05, 0) is 30.0 Å². The SMILES string of the molecule is Cc1cc(NC(=O)CSc2nnc(-c3ccc(C(C)(C)C)cc3)o2)n(C)n1. The Kier molecular flexibility index (Phi) is 5.36. The number of carbonyl (C=O) groups is 1. The molecule has 1 amide bonds. The van der Waals surface area contributed by atoms with Crippen LogP contribution in [0, 0.1) is 6.92 Å². The van der Waals surface area contributed by atoms with Crippen LogP contribution in [-0.4, -0.2) is 31.6 Å². The molecule has 27 heavy (non-hydrogen) atoms. The standard InChI is InChI=1S/C19H23N5O2S/c1-12-10-15(24(5)23-12)20-16(25)11-27-18-22-21-17(26-18)13-6-8-14(9-7-13)19(2,3)4/h6-10H,11H2,1-5H3,(H,20,25). The lowest BCUT2D eigenvalue weighted by Gasteiger charge is -2.18. The lowest BCUT2D eigenvalue weighted by atomic mass is 9.87. The van der Waals surface area contributed by atoms with E-state index in [1.807, 2.05) is 25.1 Å². The van der Waals surface area contributed by atoms with E-state index >= 15 is 0 Å². The fourth-order valence-electron chi connectivity index (χ4n) is 2.53. The molecule has 0 aliphatic rings. The van der Waals surface area contributed by atoms with Crippen LogP contribution in [0.4, 0.5) is 5.82 Å². The van der Waals surface area contributed by atoms with Crippen molar-refractivity contribution in [3.8, 4) is 11.5 Å². The Morgan fingerprint density at radius 3 is 2.52 bits per heavy atom. The summed E-state index contributed by atoms with van der Waals surface area (Å²) in [5.41, 5.74) is 3.04. The minimum Gasteiger partial charge on any atom is -0.411 e. The smallest absolute Gasteiger partial charge is 0.277 e. The van der Waals surface area contributed by atoms with Crippen molar-refractivity contribution in [1.82, 2.24) is 20.0 Å². The monoisotopic (exact) mass is 385 g/mol. The van der Waals surface area contributed by atoms with E-state index in [1.165, 1.54) is 17.3 Å². The van der Waals surface area contributed by atoms with Crippen LogP contribution >= 0.6 is 11.8 Å². The van der Waals surface area contributed by atoms with Gasteiger partial charge in [0.1, 0.15) is 5.82 Å². The summed E-state index contributed by atoms with van der Waals surface area (Å²) in [6.45, 7) is 8.38. The van der Waals surface area contributed by atoms with E-state index in [4.69, 9.17) is 4.42 Å². The van der Waals surface area contributed by atoms with E-state index in [9.17, 15) is 4.79 Å². The van der Waals surface area contributed by atoms with Gasteiger partial charge in [0.25, 0.3) is 5.22 Å². The molecule has 2 aromatic heterocycles. The minimum atomic E-state index is -0.155. The van der Waals surface area contributed by atoms with Crippen LogP contribution in [0.15, 0.2) is 40.0 Å². The molecule has 0 aliphatic carbocycles. The first-order chi connectivity index (χ1) is 12.7. The molecule has 0 radical (unpaired) electrons. The first-order valence-electron chi connectivity index (χ1n) is 8.60. The quantitative estimate of drug-likeness (QED) is 0.672. The summed E-state index contributed by atoms with van der Waals surface area (Å²) in [6.07, 6.45) is 0. The zero-order valence-corrected chi connectivity index (χ0v) is 16.9. The number of nitrogens with zero attached hydrogens (tertiary/aromatic N) is 4. The molecule has 0 saturated heterocycles. The average molecular weight is 385 g/mol. The number of thioether (sulfide) groups is 1. The second kappa shape index (κ2) is 7.56. The van der Waals surface area contributed by atoms with Gasteiger partial charge in [-0.2, -0.15) is 5.10 Å². The highest BCUT2D eigenvalue weighted by atomic mass is 32.2. The second-order valence-corrected chi connectivity index (χ2v) is 8.26. The van der Waals surface area contributed by atoms with Gasteiger partial charge in [-0.3, -0.25) is 9.48 Å². The molecule has 8 heteroatoms. The second-order valence-electron chi connectivity index (χ2n) is 7.33. The first kappa shape index (κ1) is 19.2. The average Bonchev–Trinajstić information content (AvgIpc) is 3.19. The summed E-state index contributed by atoms with van der Waals surface area (Å²) in [5.74, 6) is 1.12. The molecule has 142 valence electrons. The largest absolute Gasteiger partial charge is 0.411 e. The van der Waals surface area contributed by atoms with Gasteiger partial charge in [-0.1, -0.05) is 44.7 Å². The third kappa shape index (κ3) is 4.77. The molecule has 1 aromatic carbocycles. The van der Waals surface area contributed by atoms with Crippen LogP contribution in [0.5, 0.6) is 0 Å². The third-order valence-electron chi connectivity index (χ3n) is 4.00. The predicted octanol–water partition coefficient (Wildman–Crippen LogP) is 3.81. The van der Waals surface area contributed by atoms with Crippen molar-refractivity contribution in [2.45, 2.75) is 38.3 Å². The van der Waals surface area contributed by atoms with E-state index in [0.717, 1.165) is 11.3 Å². The van der Waals surface area contributed by atoms with E-state index in [0.29, 0.717) is 16.9 Å². The van der Waals surface area contributed by atoms with Gasteiger partial charge in [-0.15, -0.1) is 10.2 Å². The van der Waals surface area contributed by atoms with Crippen molar-refractivity contribution in [3.05, 3.63) is 41.6 Å².